The van der Waals surface area contributed by atoms with E-state index in [1.165, 1.54) is 18.5 Å². The molecule has 0 amide bonds. The fourth-order valence-corrected chi connectivity index (χ4v) is 3.44. The predicted octanol–water partition coefficient (Wildman–Crippen LogP) is 2.05. The van der Waals surface area contributed by atoms with Crippen LogP contribution in [0.5, 0.6) is 5.75 Å². The molecule has 0 bridgehead atoms. The standard InChI is InChI=1S/C19H27N5O3S.HI/c1-4-21-19(23-13-16-8-7-15(2)12-18(16)27-3)22-10-11-24-28(25,26)17-6-5-9-20-14-17;/h5-9,12,14,24H,4,10-11,13H2,1-3H3,(H2,21,22,23);1H. The SMILES string of the molecule is CCNC(=NCc1ccc(C)cc1OC)NCCNS(=O)(=O)c1cccnc1.I. The van der Waals surface area contributed by atoms with Gasteiger partial charge in [-0.05, 0) is 37.6 Å². The maximum absolute atomic E-state index is 12.2. The average molecular weight is 533 g/mol. The lowest BCUT2D eigenvalue weighted by Crippen LogP contribution is -2.41. The molecule has 10 heteroatoms. The number of methoxy groups -OCH3 is 1. The molecule has 29 heavy (non-hydrogen) atoms. The second kappa shape index (κ2) is 12.6. The molecule has 0 aliphatic carbocycles. The van der Waals surface area contributed by atoms with E-state index in [0.29, 0.717) is 25.6 Å². The number of guanidine groups is 1. The highest BCUT2D eigenvalue weighted by molar-refractivity contribution is 14.0. The summed E-state index contributed by atoms with van der Waals surface area (Å²) in [5.41, 5.74) is 2.10. The fourth-order valence-electron chi connectivity index (χ4n) is 2.44. The summed E-state index contributed by atoms with van der Waals surface area (Å²) < 4.78 is 32.3. The second-order valence-electron chi connectivity index (χ2n) is 6.02. The first kappa shape index (κ1) is 25.1. The van der Waals surface area contributed by atoms with Gasteiger partial charge in [0.15, 0.2) is 5.96 Å². The summed E-state index contributed by atoms with van der Waals surface area (Å²) in [7, 11) is -1.93. The molecule has 0 unspecified atom stereocenters. The smallest absolute Gasteiger partial charge is 0.242 e. The van der Waals surface area contributed by atoms with Gasteiger partial charge in [-0.15, -0.1) is 24.0 Å². The molecule has 160 valence electrons. The Kier molecular flexibility index (Phi) is 10.9. The quantitative estimate of drug-likeness (QED) is 0.197. The number of nitrogens with one attached hydrogen (secondary N) is 3. The summed E-state index contributed by atoms with van der Waals surface area (Å²) in [6.45, 7) is 5.72. The Hall–Kier alpha value is -1.92. The normalized spacial score (nSPS) is 11.5. The van der Waals surface area contributed by atoms with Crippen LogP contribution in [0.1, 0.15) is 18.1 Å². The molecular weight excluding hydrogens is 505 g/mol. The first-order valence-electron chi connectivity index (χ1n) is 9.01. The molecule has 0 aliphatic heterocycles. The van der Waals surface area contributed by atoms with E-state index in [9.17, 15) is 8.42 Å². The number of aryl methyl sites for hydroxylation is 1. The van der Waals surface area contributed by atoms with E-state index in [1.807, 2.05) is 32.0 Å². The molecule has 0 aliphatic rings. The van der Waals surface area contributed by atoms with Gasteiger partial charge in [0.1, 0.15) is 10.6 Å². The van der Waals surface area contributed by atoms with Gasteiger partial charge in [-0.25, -0.2) is 18.1 Å². The number of aromatic nitrogens is 1. The van der Waals surface area contributed by atoms with Crippen LogP contribution in [0.4, 0.5) is 0 Å². The number of sulfonamides is 1. The van der Waals surface area contributed by atoms with Crippen molar-refractivity contribution in [3.05, 3.63) is 53.9 Å². The molecule has 1 aromatic heterocycles. The first-order valence-corrected chi connectivity index (χ1v) is 10.5. The van der Waals surface area contributed by atoms with E-state index in [0.717, 1.165) is 16.9 Å². The zero-order valence-corrected chi connectivity index (χ0v) is 20.0. The van der Waals surface area contributed by atoms with E-state index in [2.05, 4.69) is 25.3 Å². The molecule has 0 saturated carbocycles. The van der Waals surface area contributed by atoms with Crippen molar-refractivity contribution < 1.29 is 13.2 Å². The highest BCUT2D eigenvalue weighted by atomic mass is 127. The molecule has 0 spiro atoms. The van der Waals surface area contributed by atoms with Crippen LogP contribution in [0.2, 0.25) is 0 Å². The van der Waals surface area contributed by atoms with Gasteiger partial charge in [0.2, 0.25) is 10.0 Å². The average Bonchev–Trinajstić information content (AvgIpc) is 2.70. The largest absolute Gasteiger partial charge is 0.496 e. The Balaban J connectivity index is 0.00000420. The minimum atomic E-state index is -3.57. The number of nitrogens with zero attached hydrogens (tertiary/aromatic N) is 2. The highest BCUT2D eigenvalue weighted by Crippen LogP contribution is 2.20. The van der Waals surface area contributed by atoms with Crippen LogP contribution in [0.25, 0.3) is 0 Å². The summed E-state index contributed by atoms with van der Waals surface area (Å²) >= 11 is 0. The van der Waals surface area contributed by atoms with Crippen LogP contribution in [0.15, 0.2) is 52.6 Å². The third-order valence-electron chi connectivity index (χ3n) is 3.85. The Morgan fingerprint density at radius 1 is 1.21 bits per heavy atom. The Bertz CT molecular complexity index is 892. The van der Waals surface area contributed by atoms with Crippen LogP contribution < -0.4 is 20.1 Å². The van der Waals surface area contributed by atoms with Crippen LogP contribution in [-0.2, 0) is 16.6 Å². The Morgan fingerprint density at radius 2 is 2.00 bits per heavy atom. The first-order chi connectivity index (χ1) is 13.5. The molecular formula is C19H28IN5O3S. The molecule has 8 nitrogen and oxygen atoms in total. The van der Waals surface area contributed by atoms with Crippen molar-refractivity contribution in [1.82, 2.24) is 20.3 Å². The van der Waals surface area contributed by atoms with Crippen molar-refractivity contribution in [3.8, 4) is 5.75 Å². The minimum absolute atomic E-state index is 0. The van der Waals surface area contributed by atoms with Crippen molar-refractivity contribution in [3.63, 3.8) is 0 Å². The Morgan fingerprint density at radius 3 is 2.66 bits per heavy atom. The molecule has 1 aromatic carbocycles. The third-order valence-corrected chi connectivity index (χ3v) is 5.29. The van der Waals surface area contributed by atoms with Gasteiger partial charge in [-0.3, -0.25) is 4.98 Å². The van der Waals surface area contributed by atoms with Crippen LogP contribution >= 0.6 is 24.0 Å². The number of benzene rings is 1. The van der Waals surface area contributed by atoms with E-state index < -0.39 is 10.0 Å². The van der Waals surface area contributed by atoms with E-state index in [-0.39, 0.29) is 35.4 Å². The summed E-state index contributed by atoms with van der Waals surface area (Å²) in [5, 5.41) is 6.26. The number of pyridine rings is 1. The van der Waals surface area contributed by atoms with Crippen molar-refractivity contribution in [1.29, 1.82) is 0 Å². The van der Waals surface area contributed by atoms with E-state index in [1.54, 1.807) is 13.2 Å². The lowest BCUT2D eigenvalue weighted by Gasteiger charge is -2.13. The fraction of sp³-hybridized carbons (Fsp3) is 0.368. The zero-order valence-electron chi connectivity index (χ0n) is 16.8. The number of rotatable bonds is 9. The minimum Gasteiger partial charge on any atom is -0.496 e. The van der Waals surface area contributed by atoms with Gasteiger partial charge in [-0.1, -0.05) is 12.1 Å². The molecule has 0 saturated heterocycles. The van der Waals surface area contributed by atoms with Crippen molar-refractivity contribution in [2.45, 2.75) is 25.3 Å². The molecule has 0 atom stereocenters. The van der Waals surface area contributed by atoms with E-state index in [4.69, 9.17) is 4.74 Å². The van der Waals surface area contributed by atoms with Crippen molar-refractivity contribution in [2.24, 2.45) is 4.99 Å². The second-order valence-corrected chi connectivity index (χ2v) is 7.79. The highest BCUT2D eigenvalue weighted by Gasteiger charge is 2.12. The van der Waals surface area contributed by atoms with Gasteiger partial charge in [0, 0.05) is 37.6 Å². The molecule has 1 heterocycles. The molecule has 2 aromatic rings. The maximum Gasteiger partial charge on any atom is 0.242 e. The van der Waals surface area contributed by atoms with Crippen LogP contribution in [0, 0.1) is 6.92 Å². The van der Waals surface area contributed by atoms with Gasteiger partial charge in [-0.2, -0.15) is 0 Å². The summed E-state index contributed by atoms with van der Waals surface area (Å²) in [6.07, 6.45) is 2.85. The number of aliphatic imine (C=N–C) groups is 1. The van der Waals surface area contributed by atoms with Crippen LogP contribution in [0.3, 0.4) is 0 Å². The third kappa shape index (κ3) is 8.15. The van der Waals surface area contributed by atoms with Gasteiger partial charge < -0.3 is 15.4 Å². The predicted molar refractivity (Wildman–Crippen MR) is 125 cm³/mol. The topological polar surface area (TPSA) is 105 Å². The van der Waals surface area contributed by atoms with Gasteiger partial charge in [0.25, 0.3) is 0 Å². The Labute approximate surface area is 189 Å². The molecule has 0 fully saturated rings. The lowest BCUT2D eigenvalue weighted by atomic mass is 10.1. The van der Waals surface area contributed by atoms with Crippen LogP contribution in [-0.4, -0.2) is 46.1 Å². The monoisotopic (exact) mass is 533 g/mol. The zero-order chi connectivity index (χ0) is 20.4. The van der Waals surface area contributed by atoms with E-state index >= 15 is 0 Å². The number of hydrogen-bond donors (Lipinski definition) is 3. The molecule has 0 radical (unpaired) electrons. The maximum atomic E-state index is 12.2. The lowest BCUT2D eigenvalue weighted by molar-refractivity contribution is 0.409. The number of halogens is 1. The summed E-state index contributed by atoms with van der Waals surface area (Å²) in [4.78, 5) is 8.51. The number of ether oxygens (including phenoxy) is 1. The molecule has 3 N–H and O–H groups in total. The summed E-state index contributed by atoms with van der Waals surface area (Å²) in [5.74, 6) is 1.40. The van der Waals surface area contributed by atoms with Gasteiger partial charge in [0.05, 0.1) is 13.7 Å². The van der Waals surface area contributed by atoms with Crippen molar-refractivity contribution in [2.75, 3.05) is 26.7 Å². The summed E-state index contributed by atoms with van der Waals surface area (Å²) in [6, 6.07) is 9.06. The van der Waals surface area contributed by atoms with Gasteiger partial charge >= 0.3 is 0 Å². The van der Waals surface area contributed by atoms with Crippen molar-refractivity contribution >= 4 is 40.0 Å². The number of hydrogen-bond acceptors (Lipinski definition) is 5. The molecule has 2 rings (SSSR count).